The van der Waals surface area contributed by atoms with Crippen molar-refractivity contribution in [3.05, 3.63) is 12.2 Å². The van der Waals surface area contributed by atoms with E-state index in [1.54, 1.807) is 0 Å². The Hall–Kier alpha value is -0.990. The molecule has 4 fully saturated rings. The van der Waals surface area contributed by atoms with E-state index in [0.717, 1.165) is 0 Å². The molecule has 4 aliphatic rings. The maximum absolute atomic E-state index is 11.9. The van der Waals surface area contributed by atoms with Crippen LogP contribution in [0.15, 0.2) is 12.2 Å². The second-order valence-corrected chi connectivity index (χ2v) is 7.38. The highest BCUT2D eigenvalue weighted by Gasteiger charge is 2.87. The summed E-state index contributed by atoms with van der Waals surface area (Å²) in [4.78, 5) is 11.9. The van der Waals surface area contributed by atoms with Crippen LogP contribution in [0.2, 0.25) is 0 Å². The first-order valence-electron chi connectivity index (χ1n) is 7.45. The number of aliphatic hydroxyl groups is 4. The fourth-order valence-corrected chi connectivity index (χ4v) is 4.89. The molecule has 0 amide bonds. The number of carbonyl (C=O) groups excluding carboxylic acids is 1. The van der Waals surface area contributed by atoms with Crippen LogP contribution in [0, 0.1) is 11.8 Å². The molecule has 2 unspecified atom stereocenters. The SMILES string of the molecule is C=C1C(=O)O[C@@H]2C3C(C)(O)[C@@H](O)[C@H]4O[C@@]34[C@](C)(O)[C@H](O)C[C@@H]12. The Labute approximate surface area is 127 Å². The zero-order chi connectivity index (χ0) is 16.2. The molecule has 0 radical (unpaired) electrons. The Bertz CT molecular complexity index is 582. The van der Waals surface area contributed by atoms with Gasteiger partial charge in [-0.05, 0) is 20.3 Å². The molecule has 2 saturated carbocycles. The molecule has 2 aliphatic carbocycles. The van der Waals surface area contributed by atoms with Crippen molar-refractivity contribution in [2.24, 2.45) is 11.8 Å². The minimum absolute atomic E-state index is 0.0861. The molecule has 122 valence electrons. The molecule has 0 aromatic rings. The first-order valence-corrected chi connectivity index (χ1v) is 7.45. The first kappa shape index (κ1) is 14.6. The highest BCUT2D eigenvalue weighted by Crippen LogP contribution is 2.68. The zero-order valence-corrected chi connectivity index (χ0v) is 12.4. The standard InChI is InChI=1S/C15H20O7/c1-5-6-4-7(16)14(3,20)15-9(8(6)21-12(5)18)13(2,19)10(17)11(15)22-15/h6-11,16-17,19-20H,1,4H2,2-3H3/t6-,7+,8-,9?,10-,11+,13?,14+,15-/m0/s1. The van der Waals surface area contributed by atoms with Gasteiger partial charge in [-0.1, -0.05) is 6.58 Å². The van der Waals surface area contributed by atoms with Gasteiger partial charge in [0.25, 0.3) is 0 Å². The summed E-state index contributed by atoms with van der Waals surface area (Å²) in [6, 6.07) is 0. The van der Waals surface area contributed by atoms with Gasteiger partial charge in [-0.2, -0.15) is 0 Å². The molecule has 2 heterocycles. The zero-order valence-electron chi connectivity index (χ0n) is 12.4. The number of aliphatic hydroxyl groups excluding tert-OH is 2. The van der Waals surface area contributed by atoms with E-state index in [1.165, 1.54) is 13.8 Å². The number of ether oxygens (including phenoxy) is 2. The third-order valence-electron chi connectivity index (χ3n) is 6.26. The van der Waals surface area contributed by atoms with Crippen molar-refractivity contribution in [1.82, 2.24) is 0 Å². The molecular weight excluding hydrogens is 292 g/mol. The normalized spacial score (nSPS) is 62.8. The number of epoxide rings is 1. The van der Waals surface area contributed by atoms with Gasteiger partial charge >= 0.3 is 5.97 Å². The highest BCUT2D eigenvalue weighted by atomic mass is 16.7. The molecule has 22 heavy (non-hydrogen) atoms. The van der Waals surface area contributed by atoms with E-state index in [0.29, 0.717) is 0 Å². The topological polar surface area (TPSA) is 120 Å². The number of fused-ring (bicyclic) bond motifs is 2. The van der Waals surface area contributed by atoms with Crippen molar-refractivity contribution >= 4 is 5.97 Å². The van der Waals surface area contributed by atoms with Gasteiger partial charge in [-0.3, -0.25) is 0 Å². The van der Waals surface area contributed by atoms with E-state index in [2.05, 4.69) is 6.58 Å². The van der Waals surface area contributed by atoms with Crippen molar-refractivity contribution in [3.8, 4) is 0 Å². The molecule has 7 heteroatoms. The quantitative estimate of drug-likeness (QED) is 0.243. The minimum atomic E-state index is -1.68. The molecule has 4 N–H and O–H groups in total. The maximum atomic E-state index is 11.9. The summed E-state index contributed by atoms with van der Waals surface area (Å²) in [5.41, 5.74) is -4.41. The lowest BCUT2D eigenvalue weighted by molar-refractivity contribution is -0.187. The van der Waals surface area contributed by atoms with Gasteiger partial charge in [0.2, 0.25) is 0 Å². The molecule has 1 spiro atoms. The summed E-state index contributed by atoms with van der Waals surface area (Å²) in [5.74, 6) is -1.95. The Kier molecular flexibility index (Phi) is 2.48. The molecule has 7 nitrogen and oxygen atoms in total. The molecule has 0 bridgehead atoms. The number of hydrogen-bond donors (Lipinski definition) is 4. The number of carbonyl (C=O) groups is 1. The van der Waals surface area contributed by atoms with Crippen LogP contribution in [0.1, 0.15) is 20.3 Å². The van der Waals surface area contributed by atoms with Gasteiger partial charge in [-0.25, -0.2) is 4.79 Å². The average molecular weight is 312 g/mol. The smallest absolute Gasteiger partial charge is 0.334 e. The van der Waals surface area contributed by atoms with Gasteiger partial charge in [0.05, 0.1) is 17.6 Å². The van der Waals surface area contributed by atoms with E-state index >= 15 is 0 Å². The van der Waals surface area contributed by atoms with Gasteiger partial charge in [0.1, 0.15) is 29.5 Å². The fourth-order valence-electron chi connectivity index (χ4n) is 4.89. The van der Waals surface area contributed by atoms with Crippen LogP contribution in [0.25, 0.3) is 0 Å². The Morgan fingerprint density at radius 1 is 1.27 bits per heavy atom. The number of rotatable bonds is 0. The third kappa shape index (κ3) is 1.29. The van der Waals surface area contributed by atoms with Crippen LogP contribution in [0.4, 0.5) is 0 Å². The van der Waals surface area contributed by atoms with Gasteiger partial charge in [-0.15, -0.1) is 0 Å². The summed E-state index contributed by atoms with van der Waals surface area (Å²) in [6.45, 7) is 6.59. The summed E-state index contributed by atoms with van der Waals surface area (Å²) < 4.78 is 11.0. The predicted octanol–water partition coefficient (Wildman–Crippen LogP) is -1.52. The number of esters is 1. The molecule has 0 aromatic carbocycles. The van der Waals surface area contributed by atoms with E-state index in [-0.39, 0.29) is 12.0 Å². The van der Waals surface area contributed by atoms with E-state index in [1.807, 2.05) is 0 Å². The maximum Gasteiger partial charge on any atom is 0.334 e. The Balaban J connectivity index is 1.90. The van der Waals surface area contributed by atoms with Crippen LogP contribution in [-0.2, 0) is 14.3 Å². The lowest BCUT2D eigenvalue weighted by Gasteiger charge is -2.41. The lowest BCUT2D eigenvalue weighted by atomic mass is 9.72. The molecule has 0 aromatic heterocycles. The molecule has 2 saturated heterocycles. The van der Waals surface area contributed by atoms with Crippen LogP contribution < -0.4 is 0 Å². The number of hydrogen-bond acceptors (Lipinski definition) is 7. The Morgan fingerprint density at radius 2 is 1.91 bits per heavy atom. The molecular formula is C15H20O7. The van der Waals surface area contributed by atoms with Crippen molar-refractivity contribution in [2.75, 3.05) is 0 Å². The second-order valence-electron chi connectivity index (χ2n) is 7.38. The van der Waals surface area contributed by atoms with Crippen molar-refractivity contribution < 1.29 is 34.7 Å². The molecule has 2 aliphatic heterocycles. The van der Waals surface area contributed by atoms with Crippen LogP contribution in [-0.4, -0.2) is 67.6 Å². The van der Waals surface area contributed by atoms with Crippen molar-refractivity contribution in [3.63, 3.8) is 0 Å². The summed E-state index contributed by atoms with van der Waals surface area (Å²) in [7, 11) is 0. The summed E-state index contributed by atoms with van der Waals surface area (Å²) in [6.07, 6.45) is -3.93. The monoisotopic (exact) mass is 312 g/mol. The highest BCUT2D eigenvalue weighted by molar-refractivity contribution is 5.91. The first-order chi connectivity index (χ1) is 10.1. The minimum Gasteiger partial charge on any atom is -0.458 e. The fraction of sp³-hybridized carbons (Fsp3) is 0.800. The summed E-state index contributed by atoms with van der Waals surface area (Å²) >= 11 is 0. The second kappa shape index (κ2) is 3.73. The van der Waals surface area contributed by atoms with Crippen LogP contribution in [0.5, 0.6) is 0 Å². The molecule has 9 atom stereocenters. The largest absolute Gasteiger partial charge is 0.458 e. The average Bonchev–Trinajstić information content (AvgIpc) is 3.07. The van der Waals surface area contributed by atoms with Crippen molar-refractivity contribution in [2.45, 2.75) is 61.5 Å². The third-order valence-corrected chi connectivity index (χ3v) is 6.26. The lowest BCUT2D eigenvalue weighted by Crippen LogP contribution is -2.59. The van der Waals surface area contributed by atoms with Gasteiger partial charge in [0.15, 0.2) is 0 Å². The van der Waals surface area contributed by atoms with E-state index in [9.17, 15) is 25.2 Å². The van der Waals surface area contributed by atoms with Crippen LogP contribution in [0.3, 0.4) is 0 Å². The predicted molar refractivity (Wildman–Crippen MR) is 71.5 cm³/mol. The molecule has 4 rings (SSSR count). The van der Waals surface area contributed by atoms with Gasteiger partial charge < -0.3 is 29.9 Å². The van der Waals surface area contributed by atoms with Crippen molar-refractivity contribution in [1.29, 1.82) is 0 Å². The van der Waals surface area contributed by atoms with E-state index < -0.39 is 59.0 Å². The van der Waals surface area contributed by atoms with Crippen LogP contribution >= 0.6 is 0 Å². The summed E-state index contributed by atoms with van der Waals surface area (Å²) in [5, 5.41) is 42.4. The Morgan fingerprint density at radius 3 is 2.55 bits per heavy atom. The van der Waals surface area contributed by atoms with Gasteiger partial charge in [0, 0.05) is 11.5 Å². The van der Waals surface area contributed by atoms with E-state index in [4.69, 9.17) is 9.47 Å².